The van der Waals surface area contributed by atoms with E-state index in [4.69, 9.17) is 21.3 Å². The third-order valence-corrected chi connectivity index (χ3v) is 9.92. The predicted octanol–water partition coefficient (Wildman–Crippen LogP) is 3.82. The molecule has 47 heavy (non-hydrogen) atoms. The van der Waals surface area contributed by atoms with Gasteiger partial charge in [0.25, 0.3) is 11.5 Å². The van der Waals surface area contributed by atoms with Gasteiger partial charge in [-0.15, -0.1) is 0 Å². The molecule has 3 aliphatic rings. The molecule has 4 aromatic rings. The lowest BCUT2D eigenvalue weighted by Crippen LogP contribution is -2.67. The van der Waals surface area contributed by atoms with Crippen LogP contribution in [-0.4, -0.2) is 56.6 Å². The highest BCUT2D eigenvalue weighted by Gasteiger charge is 2.51. The minimum absolute atomic E-state index is 0.115. The maximum atomic E-state index is 16.0. The maximum absolute atomic E-state index is 16.0. The zero-order chi connectivity index (χ0) is 33.2. The summed E-state index contributed by atoms with van der Waals surface area (Å²) in [4.78, 5) is 56.7. The summed E-state index contributed by atoms with van der Waals surface area (Å²) < 4.78 is 23.7. The molecule has 13 heteroatoms. The molecule has 11 nitrogen and oxygen atoms in total. The number of amides is 2. The first kappa shape index (κ1) is 30.8. The number of carbonyl (C=O) groups is 2. The number of nitrogens with one attached hydrogen (secondary N) is 2. The highest BCUT2D eigenvalue weighted by molar-refractivity contribution is 6.36. The number of halogens is 2. The molecule has 0 saturated carbocycles. The molecule has 0 bridgehead atoms. The number of hydrogen-bond acceptors (Lipinski definition) is 7. The Morgan fingerprint density at radius 2 is 1.81 bits per heavy atom. The lowest BCUT2D eigenvalue weighted by atomic mass is 9.86. The van der Waals surface area contributed by atoms with Crippen molar-refractivity contribution in [3.8, 4) is 28.3 Å². The predicted molar refractivity (Wildman–Crippen MR) is 174 cm³/mol. The largest absolute Gasteiger partial charge is 0.481 e. The van der Waals surface area contributed by atoms with Gasteiger partial charge in [0, 0.05) is 68.1 Å². The first-order chi connectivity index (χ1) is 22.5. The average Bonchev–Trinajstić information content (AvgIpc) is 3.65. The molecule has 1 atom stereocenters. The van der Waals surface area contributed by atoms with Gasteiger partial charge in [-0.25, -0.2) is 14.2 Å². The second-order valence-corrected chi connectivity index (χ2v) is 12.8. The molecule has 2 aliphatic heterocycles. The maximum Gasteiger partial charge on any atom is 0.330 e. The second-order valence-electron chi connectivity index (χ2n) is 12.5. The van der Waals surface area contributed by atoms with E-state index in [-0.39, 0.29) is 39.3 Å². The lowest BCUT2D eigenvalue weighted by molar-refractivity contribution is -0.121. The van der Waals surface area contributed by atoms with Gasteiger partial charge >= 0.3 is 5.69 Å². The van der Waals surface area contributed by atoms with Gasteiger partial charge in [-0.1, -0.05) is 41.9 Å². The molecule has 242 valence electrons. The summed E-state index contributed by atoms with van der Waals surface area (Å²) in [6, 6.07) is 11.9. The summed E-state index contributed by atoms with van der Waals surface area (Å²) in [5.74, 6) is -0.969. The Kier molecular flexibility index (Phi) is 7.52. The van der Waals surface area contributed by atoms with Crippen LogP contribution in [-0.2, 0) is 25.3 Å². The zero-order valence-electron chi connectivity index (χ0n) is 26.0. The van der Waals surface area contributed by atoms with Gasteiger partial charge in [0.2, 0.25) is 11.8 Å². The SMILES string of the molecule is COc1nc(-c2cccc(-c3cccc(NC(=O)c4cn(C)c(=O)n(C)c4=O)c3F)c2Cl)cc2c1C(N1CC3(CCC(=O)N3)C1)CC2. The fourth-order valence-corrected chi connectivity index (χ4v) is 7.46. The van der Waals surface area contributed by atoms with Gasteiger partial charge in [-0.05, 0) is 37.0 Å². The molecule has 2 fully saturated rings. The Labute approximate surface area is 273 Å². The number of anilines is 1. The minimum Gasteiger partial charge on any atom is -0.481 e. The highest BCUT2D eigenvalue weighted by atomic mass is 35.5. The molecule has 4 heterocycles. The first-order valence-corrected chi connectivity index (χ1v) is 15.7. The standard InChI is InChI=1S/C34H32ClFN6O5/c1-40-15-22(32(45)41(2)33(40)46)30(44)37-23-9-5-7-20(29(23)36)19-6-4-8-21(28(19)35)24-14-18-10-11-25(27(18)31(38-24)47-3)42-16-34(17-42)13-12-26(43)39-34/h4-9,14-15,25H,10-13,16-17H2,1-3H3,(H,37,44)(H,39,43). The van der Waals surface area contributed by atoms with Crippen LogP contribution in [0.2, 0.25) is 5.02 Å². The van der Waals surface area contributed by atoms with E-state index < -0.39 is 23.0 Å². The number of carbonyl (C=O) groups excluding carboxylic acids is 2. The van der Waals surface area contributed by atoms with Crippen LogP contribution >= 0.6 is 11.6 Å². The van der Waals surface area contributed by atoms with Crippen LogP contribution in [0.4, 0.5) is 10.1 Å². The third-order valence-electron chi connectivity index (χ3n) is 9.51. The molecular formula is C34H32ClFN6O5. The molecule has 2 saturated heterocycles. The van der Waals surface area contributed by atoms with Crippen LogP contribution in [0.3, 0.4) is 0 Å². The number of fused-ring (bicyclic) bond motifs is 1. The molecule has 2 aromatic carbocycles. The number of aryl methyl sites for hydroxylation is 2. The van der Waals surface area contributed by atoms with Gasteiger partial charge in [-0.3, -0.25) is 23.9 Å². The molecule has 0 radical (unpaired) electrons. The van der Waals surface area contributed by atoms with Crippen molar-refractivity contribution < 1.29 is 18.7 Å². The molecule has 2 amide bonds. The highest BCUT2D eigenvalue weighted by Crippen LogP contribution is 2.47. The summed E-state index contributed by atoms with van der Waals surface area (Å²) in [7, 11) is 4.27. The normalized spacial score (nSPS) is 18.1. The molecule has 2 N–H and O–H groups in total. The van der Waals surface area contributed by atoms with Crippen molar-refractivity contribution >= 4 is 29.1 Å². The molecule has 1 spiro atoms. The van der Waals surface area contributed by atoms with Crippen LogP contribution in [0.1, 0.15) is 46.8 Å². The topological polar surface area (TPSA) is 128 Å². The number of ether oxygens (including phenoxy) is 1. The molecule has 2 aromatic heterocycles. The fourth-order valence-electron chi connectivity index (χ4n) is 7.13. The smallest absolute Gasteiger partial charge is 0.330 e. The van der Waals surface area contributed by atoms with Crippen molar-refractivity contribution in [2.24, 2.45) is 14.1 Å². The van der Waals surface area contributed by atoms with E-state index in [1.807, 2.05) is 12.1 Å². The van der Waals surface area contributed by atoms with Crippen LogP contribution in [0.25, 0.3) is 22.4 Å². The average molecular weight is 659 g/mol. The van der Waals surface area contributed by atoms with E-state index in [1.165, 1.54) is 20.2 Å². The second kappa shape index (κ2) is 11.5. The van der Waals surface area contributed by atoms with Gasteiger partial charge in [0.1, 0.15) is 5.56 Å². The van der Waals surface area contributed by atoms with E-state index >= 15 is 4.39 Å². The number of aromatic nitrogens is 3. The Hall–Kier alpha value is -4.81. The Morgan fingerprint density at radius 1 is 1.09 bits per heavy atom. The van der Waals surface area contributed by atoms with E-state index in [0.29, 0.717) is 29.1 Å². The molecule has 7 rings (SSSR count). The monoisotopic (exact) mass is 658 g/mol. The van der Waals surface area contributed by atoms with E-state index in [9.17, 15) is 19.2 Å². The van der Waals surface area contributed by atoms with Crippen molar-refractivity contribution in [1.82, 2.24) is 24.3 Å². The number of methoxy groups -OCH3 is 1. The van der Waals surface area contributed by atoms with Crippen LogP contribution in [0, 0.1) is 5.82 Å². The van der Waals surface area contributed by atoms with Gasteiger partial charge in [0.15, 0.2) is 5.82 Å². The summed E-state index contributed by atoms with van der Waals surface area (Å²) in [5.41, 5.74) is 1.89. The summed E-state index contributed by atoms with van der Waals surface area (Å²) >= 11 is 6.96. The van der Waals surface area contributed by atoms with Crippen molar-refractivity contribution in [1.29, 1.82) is 0 Å². The number of pyridine rings is 1. The van der Waals surface area contributed by atoms with Crippen molar-refractivity contribution in [2.45, 2.75) is 37.3 Å². The zero-order valence-corrected chi connectivity index (χ0v) is 26.8. The molecule has 1 unspecified atom stereocenters. The fraction of sp³-hybridized carbons (Fsp3) is 0.324. The summed E-state index contributed by atoms with van der Waals surface area (Å²) in [6.45, 7) is 1.60. The summed E-state index contributed by atoms with van der Waals surface area (Å²) in [6.07, 6.45) is 4.29. The van der Waals surface area contributed by atoms with E-state index in [1.54, 1.807) is 31.4 Å². The van der Waals surface area contributed by atoms with Crippen LogP contribution in [0.5, 0.6) is 5.88 Å². The quantitative estimate of drug-likeness (QED) is 0.323. The lowest BCUT2D eigenvalue weighted by Gasteiger charge is -2.50. The van der Waals surface area contributed by atoms with Crippen LogP contribution in [0.15, 0.2) is 58.3 Å². The number of benzene rings is 2. The van der Waals surface area contributed by atoms with E-state index in [0.717, 1.165) is 58.8 Å². The van der Waals surface area contributed by atoms with E-state index in [2.05, 4.69) is 15.5 Å². The number of likely N-dealkylation sites (tertiary alicyclic amines) is 1. The summed E-state index contributed by atoms with van der Waals surface area (Å²) in [5, 5.41) is 5.88. The van der Waals surface area contributed by atoms with Crippen molar-refractivity contribution in [3.05, 3.63) is 97.0 Å². The van der Waals surface area contributed by atoms with Crippen LogP contribution < -0.4 is 26.6 Å². The Balaban J connectivity index is 1.18. The van der Waals surface area contributed by atoms with Gasteiger partial charge in [0.05, 0.1) is 29.1 Å². The number of rotatable bonds is 6. The Bertz CT molecular complexity index is 2100. The third kappa shape index (κ3) is 5.12. The first-order valence-electron chi connectivity index (χ1n) is 15.3. The molecule has 1 aliphatic carbocycles. The van der Waals surface area contributed by atoms with Gasteiger partial charge in [-0.2, -0.15) is 0 Å². The van der Waals surface area contributed by atoms with Crippen molar-refractivity contribution in [3.63, 3.8) is 0 Å². The minimum atomic E-state index is -0.855. The van der Waals surface area contributed by atoms with Crippen molar-refractivity contribution in [2.75, 3.05) is 25.5 Å². The van der Waals surface area contributed by atoms with Gasteiger partial charge < -0.3 is 19.9 Å². The molecular weight excluding hydrogens is 627 g/mol. The Morgan fingerprint density at radius 3 is 2.53 bits per heavy atom. The number of hydrogen-bond donors (Lipinski definition) is 2. The number of nitrogens with zero attached hydrogens (tertiary/aromatic N) is 4.